The standard InChI is InChI=1S/C18H17ClFN3O3S/c19-14-9-12(27(25,26)23-18(11-24)7-1-2-8-18)3-4-13(14)16-6-5-15(20)17(10-21)22-16/h3-6,9,23-24H,1-2,7-8,11H2. The van der Waals surface area contributed by atoms with Gasteiger partial charge in [0.2, 0.25) is 10.0 Å². The summed E-state index contributed by atoms with van der Waals surface area (Å²) < 4.78 is 41.5. The second kappa shape index (κ2) is 7.52. The van der Waals surface area contributed by atoms with Crippen LogP contribution in [-0.2, 0) is 10.0 Å². The molecule has 2 aromatic rings. The fourth-order valence-corrected chi connectivity index (χ4v) is 5.05. The lowest BCUT2D eigenvalue weighted by Gasteiger charge is -2.27. The van der Waals surface area contributed by atoms with Crippen molar-refractivity contribution in [3.05, 3.63) is 46.9 Å². The zero-order chi connectivity index (χ0) is 19.7. The summed E-state index contributed by atoms with van der Waals surface area (Å²) in [5.41, 5.74) is -0.570. The number of aliphatic hydroxyl groups excluding tert-OH is 1. The van der Waals surface area contributed by atoms with Crippen LogP contribution in [0.4, 0.5) is 4.39 Å². The molecule has 0 amide bonds. The largest absolute Gasteiger partial charge is 0.394 e. The number of nitrogens with zero attached hydrogens (tertiary/aromatic N) is 2. The average Bonchev–Trinajstić information content (AvgIpc) is 3.10. The molecule has 1 fully saturated rings. The maximum atomic E-state index is 13.4. The summed E-state index contributed by atoms with van der Waals surface area (Å²) in [6, 6.07) is 8.22. The summed E-state index contributed by atoms with van der Waals surface area (Å²) >= 11 is 6.23. The monoisotopic (exact) mass is 409 g/mol. The molecule has 1 aliphatic rings. The van der Waals surface area contributed by atoms with E-state index in [1.807, 2.05) is 0 Å². The van der Waals surface area contributed by atoms with Gasteiger partial charge in [-0.2, -0.15) is 5.26 Å². The second-order valence-corrected chi connectivity index (χ2v) is 8.62. The van der Waals surface area contributed by atoms with Crippen molar-refractivity contribution in [2.24, 2.45) is 0 Å². The molecule has 1 aliphatic carbocycles. The molecule has 3 rings (SSSR count). The van der Waals surface area contributed by atoms with Gasteiger partial charge in [0.1, 0.15) is 6.07 Å². The lowest BCUT2D eigenvalue weighted by atomic mass is 10.0. The third kappa shape index (κ3) is 3.96. The summed E-state index contributed by atoms with van der Waals surface area (Å²) in [5, 5.41) is 18.6. The molecule has 0 aliphatic heterocycles. The van der Waals surface area contributed by atoms with Gasteiger partial charge in [0.05, 0.1) is 27.8 Å². The Balaban J connectivity index is 1.94. The van der Waals surface area contributed by atoms with Gasteiger partial charge in [-0.3, -0.25) is 0 Å². The van der Waals surface area contributed by atoms with Crippen LogP contribution in [0.1, 0.15) is 31.4 Å². The zero-order valence-corrected chi connectivity index (χ0v) is 15.8. The summed E-state index contributed by atoms with van der Waals surface area (Å²) in [5.74, 6) is -0.744. The minimum absolute atomic E-state index is 0.0430. The van der Waals surface area contributed by atoms with Crippen molar-refractivity contribution in [2.75, 3.05) is 6.61 Å². The number of sulfonamides is 1. The Bertz CT molecular complexity index is 1010. The molecule has 0 radical (unpaired) electrons. The number of nitrogens with one attached hydrogen (secondary N) is 1. The van der Waals surface area contributed by atoms with Crippen LogP contribution in [0, 0.1) is 17.1 Å². The predicted molar refractivity (Wildman–Crippen MR) is 98.0 cm³/mol. The van der Waals surface area contributed by atoms with Crippen LogP contribution in [0.25, 0.3) is 11.3 Å². The Kier molecular flexibility index (Phi) is 5.49. The molecule has 9 heteroatoms. The van der Waals surface area contributed by atoms with E-state index >= 15 is 0 Å². The van der Waals surface area contributed by atoms with Crippen molar-refractivity contribution in [1.29, 1.82) is 5.26 Å². The molecule has 0 saturated heterocycles. The highest BCUT2D eigenvalue weighted by atomic mass is 35.5. The molecule has 0 unspecified atom stereocenters. The van der Waals surface area contributed by atoms with Gasteiger partial charge >= 0.3 is 0 Å². The minimum Gasteiger partial charge on any atom is -0.394 e. The van der Waals surface area contributed by atoms with Crippen LogP contribution in [0.15, 0.2) is 35.2 Å². The molecule has 0 atom stereocenters. The molecular formula is C18H17ClFN3O3S. The molecule has 0 bridgehead atoms. The van der Waals surface area contributed by atoms with Crippen LogP contribution in [0.2, 0.25) is 5.02 Å². The molecule has 1 aromatic carbocycles. The summed E-state index contributed by atoms with van der Waals surface area (Å²) in [7, 11) is -3.88. The van der Waals surface area contributed by atoms with E-state index in [2.05, 4.69) is 9.71 Å². The van der Waals surface area contributed by atoms with Crippen molar-refractivity contribution < 1.29 is 17.9 Å². The number of hydrogen-bond donors (Lipinski definition) is 2. The summed E-state index contributed by atoms with van der Waals surface area (Å²) in [6.07, 6.45) is 2.84. The fraction of sp³-hybridized carbons (Fsp3) is 0.333. The van der Waals surface area contributed by atoms with E-state index in [0.717, 1.165) is 18.9 Å². The molecule has 1 saturated carbocycles. The third-order valence-corrected chi connectivity index (χ3v) is 6.58. The Morgan fingerprint density at radius 3 is 2.59 bits per heavy atom. The van der Waals surface area contributed by atoms with Crippen molar-refractivity contribution in [3.63, 3.8) is 0 Å². The van der Waals surface area contributed by atoms with Gasteiger partial charge in [-0.1, -0.05) is 24.4 Å². The number of aromatic nitrogens is 1. The number of hydrogen-bond acceptors (Lipinski definition) is 5. The van der Waals surface area contributed by atoms with E-state index in [9.17, 15) is 17.9 Å². The van der Waals surface area contributed by atoms with Gasteiger partial charge in [-0.15, -0.1) is 0 Å². The number of rotatable bonds is 5. The third-order valence-electron chi connectivity index (χ3n) is 4.69. The van der Waals surface area contributed by atoms with Crippen LogP contribution >= 0.6 is 11.6 Å². The van der Waals surface area contributed by atoms with Crippen LogP contribution < -0.4 is 4.72 Å². The summed E-state index contributed by atoms with van der Waals surface area (Å²) in [4.78, 5) is 3.86. The zero-order valence-electron chi connectivity index (χ0n) is 14.2. The van der Waals surface area contributed by atoms with E-state index in [1.54, 1.807) is 6.07 Å². The predicted octanol–water partition coefficient (Wildman–Crippen LogP) is 3.00. The van der Waals surface area contributed by atoms with E-state index in [1.165, 1.54) is 24.3 Å². The number of pyridine rings is 1. The maximum Gasteiger partial charge on any atom is 0.241 e. The van der Waals surface area contributed by atoms with Crippen LogP contribution in [-0.4, -0.2) is 30.7 Å². The number of halogens is 2. The minimum atomic E-state index is -3.88. The topological polar surface area (TPSA) is 103 Å². The van der Waals surface area contributed by atoms with Crippen molar-refractivity contribution in [3.8, 4) is 17.3 Å². The van der Waals surface area contributed by atoms with E-state index in [-0.39, 0.29) is 27.9 Å². The van der Waals surface area contributed by atoms with E-state index in [0.29, 0.717) is 18.4 Å². The molecule has 1 aromatic heterocycles. The fourth-order valence-electron chi connectivity index (χ4n) is 3.23. The van der Waals surface area contributed by atoms with Gasteiger partial charge in [-0.25, -0.2) is 22.5 Å². The Morgan fingerprint density at radius 2 is 2.00 bits per heavy atom. The van der Waals surface area contributed by atoms with Crippen molar-refractivity contribution in [1.82, 2.24) is 9.71 Å². The summed E-state index contributed by atoms with van der Waals surface area (Å²) in [6.45, 7) is -0.269. The van der Waals surface area contributed by atoms with Gasteiger partial charge in [-0.05, 0) is 43.2 Å². The van der Waals surface area contributed by atoms with Gasteiger partial charge in [0, 0.05) is 5.56 Å². The lowest BCUT2D eigenvalue weighted by Crippen LogP contribution is -2.49. The molecule has 1 heterocycles. The molecule has 0 spiro atoms. The smallest absolute Gasteiger partial charge is 0.241 e. The Labute approximate surface area is 161 Å². The first-order valence-corrected chi connectivity index (χ1v) is 10.2. The first kappa shape index (κ1) is 19.7. The van der Waals surface area contributed by atoms with Crippen molar-refractivity contribution in [2.45, 2.75) is 36.1 Å². The van der Waals surface area contributed by atoms with Crippen LogP contribution in [0.3, 0.4) is 0 Å². The normalized spacial score (nSPS) is 16.2. The number of nitriles is 1. The first-order chi connectivity index (χ1) is 12.8. The Morgan fingerprint density at radius 1 is 1.30 bits per heavy atom. The van der Waals surface area contributed by atoms with E-state index < -0.39 is 21.4 Å². The number of aliphatic hydroxyl groups is 1. The molecule has 2 N–H and O–H groups in total. The SMILES string of the molecule is N#Cc1nc(-c2ccc(S(=O)(=O)NC3(CO)CCCC3)cc2Cl)ccc1F. The van der Waals surface area contributed by atoms with Crippen molar-refractivity contribution >= 4 is 21.6 Å². The first-order valence-electron chi connectivity index (χ1n) is 8.32. The van der Waals surface area contributed by atoms with Crippen LogP contribution in [0.5, 0.6) is 0 Å². The lowest BCUT2D eigenvalue weighted by molar-refractivity contribution is 0.185. The highest BCUT2D eigenvalue weighted by Crippen LogP contribution is 2.33. The average molecular weight is 410 g/mol. The van der Waals surface area contributed by atoms with Gasteiger partial charge in [0.25, 0.3) is 0 Å². The highest BCUT2D eigenvalue weighted by molar-refractivity contribution is 7.89. The quantitative estimate of drug-likeness (QED) is 0.790. The Hall–Kier alpha value is -2.05. The molecular weight excluding hydrogens is 393 g/mol. The molecule has 6 nitrogen and oxygen atoms in total. The van der Waals surface area contributed by atoms with E-state index in [4.69, 9.17) is 16.9 Å². The molecule has 27 heavy (non-hydrogen) atoms. The maximum absolute atomic E-state index is 13.4. The van der Waals surface area contributed by atoms with Gasteiger partial charge in [0.15, 0.2) is 11.5 Å². The number of benzene rings is 1. The van der Waals surface area contributed by atoms with Gasteiger partial charge < -0.3 is 5.11 Å². The molecule has 142 valence electrons. The second-order valence-electron chi connectivity index (χ2n) is 6.53. The highest BCUT2D eigenvalue weighted by Gasteiger charge is 2.37.